The van der Waals surface area contributed by atoms with Gasteiger partial charge >= 0.3 is 12.0 Å². The lowest BCUT2D eigenvalue weighted by Gasteiger charge is -2.28. The van der Waals surface area contributed by atoms with Gasteiger partial charge in [-0.1, -0.05) is 32.9 Å². The van der Waals surface area contributed by atoms with E-state index in [9.17, 15) is 9.59 Å². The van der Waals surface area contributed by atoms with Gasteiger partial charge in [0.15, 0.2) is 0 Å². The Morgan fingerprint density at radius 2 is 1.95 bits per heavy atom. The number of hydrogen-bond acceptors (Lipinski definition) is 2. The van der Waals surface area contributed by atoms with Gasteiger partial charge in [-0.15, -0.1) is 0 Å². The minimum absolute atomic E-state index is 0.0182. The molecule has 2 amide bonds. The third kappa shape index (κ3) is 5.30. The summed E-state index contributed by atoms with van der Waals surface area (Å²) in [7, 11) is 0. The molecule has 1 rings (SSSR count). The first kappa shape index (κ1) is 16.0. The van der Waals surface area contributed by atoms with Crippen molar-refractivity contribution in [2.75, 3.05) is 5.32 Å². The molecular formula is C15H22N2O3. The van der Waals surface area contributed by atoms with Crippen LogP contribution >= 0.6 is 0 Å². The standard InChI is InChI=1S/C15H22N2O3/c1-10(15(2,3)4)16-14(20)17-12-7-5-6-11(8-12)9-13(18)19/h5-8,10H,9H2,1-4H3,(H,18,19)(H2,16,17,20). The predicted molar refractivity (Wildman–Crippen MR) is 78.9 cm³/mol. The van der Waals surface area contributed by atoms with Crippen LogP contribution in [-0.4, -0.2) is 23.1 Å². The van der Waals surface area contributed by atoms with Gasteiger partial charge in [-0.2, -0.15) is 0 Å². The molecule has 0 aliphatic heterocycles. The lowest BCUT2D eigenvalue weighted by Crippen LogP contribution is -2.43. The molecular weight excluding hydrogens is 256 g/mol. The van der Waals surface area contributed by atoms with Crippen molar-refractivity contribution in [2.24, 2.45) is 5.41 Å². The van der Waals surface area contributed by atoms with Crippen LogP contribution in [0, 0.1) is 5.41 Å². The summed E-state index contributed by atoms with van der Waals surface area (Å²) in [6, 6.07) is 6.56. The summed E-state index contributed by atoms with van der Waals surface area (Å²) in [5, 5.41) is 14.3. The van der Waals surface area contributed by atoms with Gasteiger partial charge in [0.05, 0.1) is 6.42 Å². The Balaban J connectivity index is 2.64. The Bertz CT molecular complexity index is 492. The minimum atomic E-state index is -0.895. The van der Waals surface area contributed by atoms with Crippen LogP contribution in [0.15, 0.2) is 24.3 Å². The lowest BCUT2D eigenvalue weighted by atomic mass is 9.88. The van der Waals surface area contributed by atoms with Crippen LogP contribution in [0.5, 0.6) is 0 Å². The number of carboxylic acid groups (broad SMARTS) is 1. The second kappa shape index (κ2) is 6.41. The van der Waals surface area contributed by atoms with Gasteiger partial charge < -0.3 is 15.7 Å². The van der Waals surface area contributed by atoms with Gasteiger partial charge in [-0.05, 0) is 30.0 Å². The summed E-state index contributed by atoms with van der Waals surface area (Å²) in [6.45, 7) is 8.09. The maximum atomic E-state index is 11.9. The fourth-order valence-corrected chi connectivity index (χ4v) is 1.51. The molecule has 110 valence electrons. The highest BCUT2D eigenvalue weighted by Gasteiger charge is 2.21. The molecule has 3 N–H and O–H groups in total. The van der Waals surface area contributed by atoms with Crippen LogP contribution in [0.25, 0.3) is 0 Å². The summed E-state index contributed by atoms with van der Waals surface area (Å²) >= 11 is 0. The van der Waals surface area contributed by atoms with Crippen molar-refractivity contribution < 1.29 is 14.7 Å². The van der Waals surface area contributed by atoms with E-state index in [2.05, 4.69) is 10.6 Å². The Hall–Kier alpha value is -2.04. The van der Waals surface area contributed by atoms with Gasteiger partial charge in [0.25, 0.3) is 0 Å². The average Bonchev–Trinajstić information content (AvgIpc) is 2.26. The molecule has 0 bridgehead atoms. The van der Waals surface area contributed by atoms with Crippen LogP contribution in [0.1, 0.15) is 33.3 Å². The van der Waals surface area contributed by atoms with Gasteiger partial charge in [0, 0.05) is 11.7 Å². The van der Waals surface area contributed by atoms with Gasteiger partial charge in [0.2, 0.25) is 0 Å². The van der Waals surface area contributed by atoms with Crippen molar-refractivity contribution in [3.8, 4) is 0 Å². The summed E-state index contributed by atoms with van der Waals surface area (Å²) in [5.74, 6) is -0.895. The number of rotatable bonds is 4. The molecule has 5 nitrogen and oxygen atoms in total. The highest BCUT2D eigenvalue weighted by molar-refractivity contribution is 5.89. The molecule has 20 heavy (non-hydrogen) atoms. The molecule has 0 fully saturated rings. The highest BCUT2D eigenvalue weighted by atomic mass is 16.4. The summed E-state index contributed by atoms with van der Waals surface area (Å²) < 4.78 is 0. The van der Waals surface area contributed by atoms with E-state index in [1.165, 1.54) is 0 Å². The monoisotopic (exact) mass is 278 g/mol. The van der Waals surface area contributed by atoms with Crippen LogP contribution in [0.2, 0.25) is 0 Å². The van der Waals surface area contributed by atoms with Crippen molar-refractivity contribution in [1.29, 1.82) is 0 Å². The predicted octanol–water partition coefficient (Wildman–Crippen LogP) is 2.87. The van der Waals surface area contributed by atoms with Crippen molar-refractivity contribution >= 4 is 17.7 Å². The molecule has 1 aromatic rings. The molecule has 0 radical (unpaired) electrons. The third-order valence-corrected chi connectivity index (χ3v) is 3.19. The fraction of sp³-hybridized carbons (Fsp3) is 0.467. The normalized spacial score (nSPS) is 12.6. The number of nitrogens with one attached hydrogen (secondary N) is 2. The van der Waals surface area contributed by atoms with Gasteiger partial charge in [-0.3, -0.25) is 4.79 Å². The maximum Gasteiger partial charge on any atom is 0.319 e. The Morgan fingerprint density at radius 3 is 2.50 bits per heavy atom. The number of anilines is 1. The number of carboxylic acids is 1. The van der Waals surface area contributed by atoms with E-state index < -0.39 is 5.97 Å². The number of benzene rings is 1. The molecule has 1 aromatic carbocycles. The second-order valence-electron chi connectivity index (χ2n) is 5.96. The molecule has 0 saturated heterocycles. The summed E-state index contributed by atoms with van der Waals surface area (Å²) in [4.78, 5) is 22.5. The fourth-order valence-electron chi connectivity index (χ4n) is 1.51. The summed E-state index contributed by atoms with van der Waals surface area (Å²) in [5.41, 5.74) is 1.21. The van der Waals surface area contributed by atoms with E-state index in [0.717, 1.165) is 0 Å². The van der Waals surface area contributed by atoms with E-state index in [1.54, 1.807) is 24.3 Å². The first-order valence-electron chi connectivity index (χ1n) is 6.57. The lowest BCUT2D eigenvalue weighted by molar-refractivity contribution is -0.136. The zero-order valence-electron chi connectivity index (χ0n) is 12.4. The Labute approximate surface area is 119 Å². The topological polar surface area (TPSA) is 78.4 Å². The minimum Gasteiger partial charge on any atom is -0.481 e. The maximum absolute atomic E-state index is 11.9. The zero-order valence-corrected chi connectivity index (χ0v) is 12.4. The van der Waals surface area contributed by atoms with Crippen LogP contribution in [0.3, 0.4) is 0 Å². The smallest absolute Gasteiger partial charge is 0.319 e. The number of aliphatic carboxylic acids is 1. The Kier molecular flexibility index (Phi) is 5.13. The first-order valence-corrected chi connectivity index (χ1v) is 6.57. The number of carbonyl (C=O) groups is 2. The first-order chi connectivity index (χ1) is 9.18. The van der Waals surface area contributed by atoms with E-state index >= 15 is 0 Å². The number of amides is 2. The molecule has 5 heteroatoms. The van der Waals surface area contributed by atoms with Crippen LogP contribution < -0.4 is 10.6 Å². The van der Waals surface area contributed by atoms with E-state index in [-0.39, 0.29) is 23.9 Å². The molecule has 0 saturated carbocycles. The number of urea groups is 1. The van der Waals surface area contributed by atoms with Crippen molar-refractivity contribution in [3.63, 3.8) is 0 Å². The summed E-state index contributed by atoms with van der Waals surface area (Å²) in [6.07, 6.45) is -0.0600. The SMILES string of the molecule is CC(NC(=O)Nc1cccc(CC(=O)O)c1)C(C)(C)C. The number of hydrogen-bond donors (Lipinski definition) is 3. The van der Waals surface area contributed by atoms with Crippen LogP contribution in [0.4, 0.5) is 10.5 Å². The van der Waals surface area contributed by atoms with Crippen molar-refractivity contribution in [2.45, 2.75) is 40.2 Å². The molecule has 1 atom stereocenters. The molecule has 0 aromatic heterocycles. The Morgan fingerprint density at radius 1 is 1.30 bits per heavy atom. The van der Waals surface area contributed by atoms with Crippen molar-refractivity contribution in [3.05, 3.63) is 29.8 Å². The second-order valence-corrected chi connectivity index (χ2v) is 5.96. The molecule has 1 unspecified atom stereocenters. The molecule has 0 spiro atoms. The van der Waals surface area contributed by atoms with E-state index in [1.807, 2.05) is 27.7 Å². The largest absolute Gasteiger partial charge is 0.481 e. The highest BCUT2D eigenvalue weighted by Crippen LogP contribution is 2.18. The van der Waals surface area contributed by atoms with E-state index in [0.29, 0.717) is 11.3 Å². The van der Waals surface area contributed by atoms with Crippen LogP contribution in [-0.2, 0) is 11.2 Å². The van der Waals surface area contributed by atoms with Gasteiger partial charge in [-0.25, -0.2) is 4.79 Å². The zero-order chi connectivity index (χ0) is 15.3. The van der Waals surface area contributed by atoms with E-state index in [4.69, 9.17) is 5.11 Å². The molecule has 0 aliphatic carbocycles. The van der Waals surface area contributed by atoms with Gasteiger partial charge in [0.1, 0.15) is 0 Å². The third-order valence-electron chi connectivity index (χ3n) is 3.19. The molecule has 0 heterocycles. The van der Waals surface area contributed by atoms with Crippen molar-refractivity contribution in [1.82, 2.24) is 5.32 Å². The quantitative estimate of drug-likeness (QED) is 0.792. The molecule has 0 aliphatic rings. The number of carbonyl (C=O) groups excluding carboxylic acids is 1. The average molecular weight is 278 g/mol.